The van der Waals surface area contributed by atoms with Crippen LogP contribution in [0.3, 0.4) is 0 Å². The molecule has 0 spiro atoms. The van der Waals surface area contributed by atoms with Gasteiger partial charge in [-0.3, -0.25) is 0 Å². The number of carbonyl (C=O) groups excluding carboxylic acids is 1. The van der Waals surface area contributed by atoms with E-state index in [2.05, 4.69) is 41.1 Å². The van der Waals surface area contributed by atoms with E-state index in [0.717, 1.165) is 16.8 Å². The predicted octanol–water partition coefficient (Wildman–Crippen LogP) is 5.09. The Labute approximate surface area is 221 Å². The Balaban J connectivity index is 1.24. The van der Waals surface area contributed by atoms with Crippen LogP contribution >= 0.6 is 12.6 Å². The highest BCUT2D eigenvalue weighted by molar-refractivity contribution is 7.81. The zero-order chi connectivity index (χ0) is 26.2. The molecule has 37 heavy (non-hydrogen) atoms. The third-order valence-corrected chi connectivity index (χ3v) is 7.72. The van der Waals surface area contributed by atoms with Gasteiger partial charge in [0.05, 0.1) is 0 Å². The molecule has 3 aromatic rings. The first-order valence-electron chi connectivity index (χ1n) is 12.0. The normalized spacial score (nSPS) is 15.3. The molecule has 0 aromatic heterocycles. The van der Waals surface area contributed by atoms with Crippen LogP contribution in [0.5, 0.6) is 5.75 Å². The minimum absolute atomic E-state index is 0.00512. The minimum atomic E-state index is -5.16. The monoisotopic (exact) mass is 542 g/mol. The number of hydrogen-bond donors (Lipinski definition) is 1. The average molecular weight is 543 g/mol. The number of halogens is 1. The summed E-state index contributed by atoms with van der Waals surface area (Å²) in [6, 6.07) is 19.7. The molecule has 10 heteroatoms. The number of anilines is 1. The van der Waals surface area contributed by atoms with E-state index in [1.807, 2.05) is 35.2 Å². The molecule has 3 aromatic carbocycles. The van der Waals surface area contributed by atoms with Crippen LogP contribution in [0.2, 0.25) is 0 Å². The average Bonchev–Trinajstić information content (AvgIpc) is 3.21. The van der Waals surface area contributed by atoms with E-state index in [-0.39, 0.29) is 24.4 Å². The molecule has 1 amide bonds. The maximum atomic E-state index is 13.2. The van der Waals surface area contributed by atoms with Crippen molar-refractivity contribution in [1.29, 1.82) is 0 Å². The summed E-state index contributed by atoms with van der Waals surface area (Å²) in [4.78, 5) is 16.6. The number of carbonyl (C=O) groups is 1. The third-order valence-electron chi connectivity index (χ3n) is 6.98. The molecule has 0 N–H and O–H groups in total. The Morgan fingerprint density at radius 2 is 1.59 bits per heavy atom. The molecule has 1 aliphatic carbocycles. The lowest BCUT2D eigenvalue weighted by atomic mass is 9.98. The Bertz CT molecular complexity index is 1390. The maximum Gasteiger partial charge on any atom is 0.488 e. The highest BCUT2D eigenvalue weighted by Crippen LogP contribution is 2.44. The van der Waals surface area contributed by atoms with Gasteiger partial charge in [0, 0.05) is 49.1 Å². The number of amides is 1. The van der Waals surface area contributed by atoms with Crippen LogP contribution in [0, 0.1) is 6.92 Å². The number of thiol groups is 1. The highest BCUT2D eigenvalue weighted by Gasteiger charge is 2.31. The zero-order valence-corrected chi connectivity index (χ0v) is 22.0. The molecule has 5 rings (SSSR count). The Morgan fingerprint density at radius 3 is 2.16 bits per heavy atom. The van der Waals surface area contributed by atoms with Crippen LogP contribution in [-0.2, 0) is 21.0 Å². The van der Waals surface area contributed by atoms with Gasteiger partial charge in [0.2, 0.25) is 0 Å². The fraction of sp³-hybridized carbons (Fsp3) is 0.296. The maximum absolute atomic E-state index is 13.2. The van der Waals surface area contributed by atoms with Gasteiger partial charge in [-0.25, -0.2) is 4.79 Å². The van der Waals surface area contributed by atoms with E-state index >= 15 is 0 Å². The number of rotatable bonds is 6. The van der Waals surface area contributed by atoms with E-state index in [9.17, 15) is 17.1 Å². The van der Waals surface area contributed by atoms with Crippen molar-refractivity contribution in [3.8, 4) is 16.9 Å². The lowest BCUT2D eigenvalue weighted by molar-refractivity contribution is 0.0976. The number of hydrogen-bond acceptors (Lipinski definition) is 7. The second kappa shape index (κ2) is 10.3. The summed E-state index contributed by atoms with van der Waals surface area (Å²) in [5, 5.41) is 0. The molecule has 194 valence electrons. The molecular formula is C27H27FN2O5S2. The number of fused-ring (bicyclic) bond motifs is 3. The van der Waals surface area contributed by atoms with Crippen molar-refractivity contribution < 1.29 is 26.0 Å². The van der Waals surface area contributed by atoms with E-state index in [4.69, 9.17) is 4.74 Å². The van der Waals surface area contributed by atoms with E-state index < -0.39 is 10.5 Å². The van der Waals surface area contributed by atoms with E-state index in [1.54, 1.807) is 11.8 Å². The van der Waals surface area contributed by atoms with Gasteiger partial charge in [-0.1, -0.05) is 52.4 Å². The van der Waals surface area contributed by atoms with Gasteiger partial charge in [-0.15, -0.1) is 0 Å². The van der Waals surface area contributed by atoms with Gasteiger partial charge in [0.1, 0.15) is 6.61 Å². The molecule has 1 saturated heterocycles. The van der Waals surface area contributed by atoms with Gasteiger partial charge >= 0.3 is 16.6 Å². The second-order valence-corrected chi connectivity index (χ2v) is 10.4. The summed E-state index contributed by atoms with van der Waals surface area (Å²) in [6.45, 7) is 3.80. The molecule has 7 nitrogen and oxygen atoms in total. The summed E-state index contributed by atoms with van der Waals surface area (Å²) >= 11 is 4.26. The van der Waals surface area contributed by atoms with Crippen molar-refractivity contribution in [2.45, 2.75) is 18.6 Å². The predicted molar refractivity (Wildman–Crippen MR) is 143 cm³/mol. The van der Waals surface area contributed by atoms with E-state index in [1.165, 1.54) is 17.2 Å². The zero-order valence-electron chi connectivity index (χ0n) is 20.3. The first kappa shape index (κ1) is 25.4. The van der Waals surface area contributed by atoms with Gasteiger partial charge in [0.25, 0.3) is 0 Å². The van der Waals surface area contributed by atoms with Gasteiger partial charge in [-0.05, 0) is 46.9 Å². The first-order valence-corrected chi connectivity index (χ1v) is 13.9. The number of piperazine rings is 1. The molecule has 0 atom stereocenters. The van der Waals surface area contributed by atoms with Crippen molar-refractivity contribution in [2.75, 3.05) is 37.7 Å². The first-order chi connectivity index (χ1) is 17.7. The van der Waals surface area contributed by atoms with Gasteiger partial charge in [-0.2, -0.15) is 21.0 Å². The van der Waals surface area contributed by atoms with Crippen LogP contribution < -0.4 is 9.08 Å². The fourth-order valence-electron chi connectivity index (χ4n) is 5.16. The molecule has 0 bridgehead atoms. The second-order valence-electron chi connectivity index (χ2n) is 9.15. The molecule has 0 saturated carbocycles. The van der Waals surface area contributed by atoms with Crippen molar-refractivity contribution in [3.63, 3.8) is 0 Å². The summed E-state index contributed by atoms with van der Waals surface area (Å²) < 4.78 is 45.7. The molecule has 1 heterocycles. The Morgan fingerprint density at radius 1 is 1.00 bits per heavy atom. The van der Waals surface area contributed by atoms with Gasteiger partial charge in [0.15, 0.2) is 5.75 Å². The largest absolute Gasteiger partial charge is 0.488 e. The summed E-state index contributed by atoms with van der Waals surface area (Å²) in [7, 11) is -5.16. The standard InChI is InChI=1S/C27H27FN2O5S2/c1-18-25(14-19(17-36)15-26(18)35-37(28,32)33)29-10-12-30(13-11-29)27(31)34-16-24-22-8-4-2-6-20(22)21-7-3-5-9-23(21)24/h2-9,14-15,24,36H,10-13,16-17H2,1H3. The van der Waals surface area contributed by atoms with Gasteiger partial charge < -0.3 is 18.7 Å². The molecule has 1 aliphatic heterocycles. The van der Waals surface area contributed by atoms with Crippen LogP contribution in [0.4, 0.5) is 14.4 Å². The van der Waals surface area contributed by atoms with Crippen molar-refractivity contribution in [3.05, 3.63) is 82.9 Å². The molecule has 1 fully saturated rings. The molecule has 0 radical (unpaired) electrons. The third kappa shape index (κ3) is 5.26. The number of nitrogens with zero attached hydrogens (tertiary/aromatic N) is 2. The molecular weight excluding hydrogens is 515 g/mol. The van der Waals surface area contributed by atoms with Crippen molar-refractivity contribution in [2.24, 2.45) is 0 Å². The van der Waals surface area contributed by atoms with Crippen LogP contribution in [0.25, 0.3) is 11.1 Å². The SMILES string of the molecule is Cc1c(OS(=O)(=O)F)cc(CS)cc1N1CCN(C(=O)OCC2c3ccccc3-c3ccccc32)CC1. The lowest BCUT2D eigenvalue weighted by Crippen LogP contribution is -2.49. The minimum Gasteiger partial charge on any atom is -0.448 e. The summed E-state index contributed by atoms with van der Waals surface area (Å²) in [5.74, 6) is 0.257. The Kier molecular flexibility index (Phi) is 7.04. The topological polar surface area (TPSA) is 76.2 Å². The fourth-order valence-corrected chi connectivity index (χ4v) is 5.73. The molecule has 0 unspecified atom stereocenters. The highest BCUT2D eigenvalue weighted by atomic mass is 32.3. The van der Waals surface area contributed by atoms with E-state index in [0.29, 0.717) is 43.1 Å². The van der Waals surface area contributed by atoms with Crippen molar-refractivity contribution >= 4 is 34.9 Å². The summed E-state index contributed by atoms with van der Waals surface area (Å²) in [6.07, 6.45) is -0.366. The summed E-state index contributed by atoms with van der Waals surface area (Å²) in [5.41, 5.74) is 6.59. The van der Waals surface area contributed by atoms with Crippen molar-refractivity contribution in [1.82, 2.24) is 4.90 Å². The smallest absolute Gasteiger partial charge is 0.448 e. The number of ether oxygens (including phenoxy) is 1. The number of benzene rings is 3. The quantitative estimate of drug-likeness (QED) is 0.346. The Hall–Kier alpha value is -3.24. The lowest BCUT2D eigenvalue weighted by Gasteiger charge is -2.36. The van der Waals surface area contributed by atoms with Crippen LogP contribution in [0.1, 0.15) is 28.2 Å². The van der Waals surface area contributed by atoms with Crippen LogP contribution in [0.15, 0.2) is 60.7 Å². The van der Waals surface area contributed by atoms with Crippen LogP contribution in [-0.4, -0.2) is 52.2 Å². The molecule has 2 aliphatic rings.